The van der Waals surface area contributed by atoms with Crippen molar-refractivity contribution in [1.82, 2.24) is 9.88 Å². The summed E-state index contributed by atoms with van der Waals surface area (Å²) in [4.78, 5) is 18.1. The number of rotatable bonds is 6. The molecule has 118 valence electrons. The van der Waals surface area contributed by atoms with E-state index in [1.54, 1.807) is 47.6 Å². The maximum atomic E-state index is 12.4. The first-order chi connectivity index (χ1) is 11.7. The van der Waals surface area contributed by atoms with Gasteiger partial charge in [0.05, 0.1) is 24.1 Å². The van der Waals surface area contributed by atoms with Gasteiger partial charge in [0.2, 0.25) is 5.91 Å². The van der Waals surface area contributed by atoms with E-state index < -0.39 is 0 Å². The predicted octanol–water partition coefficient (Wildman–Crippen LogP) is 2.91. The van der Waals surface area contributed by atoms with Crippen LogP contribution in [-0.4, -0.2) is 22.3 Å². The molecule has 2 aromatic rings. The Morgan fingerprint density at radius 1 is 1.21 bits per heavy atom. The van der Waals surface area contributed by atoms with Gasteiger partial charge in [0.1, 0.15) is 0 Å². The lowest BCUT2D eigenvalue weighted by Crippen LogP contribution is -2.29. The highest BCUT2D eigenvalue weighted by molar-refractivity contribution is 5.91. The third-order valence-corrected chi connectivity index (χ3v) is 3.36. The average molecular weight is 316 g/mol. The van der Waals surface area contributed by atoms with Gasteiger partial charge in [0, 0.05) is 31.6 Å². The summed E-state index contributed by atoms with van der Waals surface area (Å²) in [7, 11) is 0. The van der Waals surface area contributed by atoms with Gasteiger partial charge in [0.15, 0.2) is 0 Å². The number of carbonyl (C=O) groups is 1. The van der Waals surface area contributed by atoms with E-state index in [2.05, 4.69) is 17.1 Å². The van der Waals surface area contributed by atoms with Crippen molar-refractivity contribution in [1.29, 1.82) is 10.5 Å². The van der Waals surface area contributed by atoms with Crippen molar-refractivity contribution >= 4 is 12.0 Å². The number of hydrogen-bond donors (Lipinski definition) is 0. The Bertz CT molecular complexity index is 783. The lowest BCUT2D eigenvalue weighted by molar-refractivity contribution is -0.126. The van der Waals surface area contributed by atoms with Crippen LogP contribution in [0.3, 0.4) is 0 Å². The number of hydrogen-bond acceptors (Lipinski definition) is 4. The molecule has 2 rings (SSSR count). The van der Waals surface area contributed by atoms with Gasteiger partial charge in [0.25, 0.3) is 0 Å². The minimum atomic E-state index is -0.168. The first-order valence-corrected chi connectivity index (χ1v) is 7.46. The summed E-state index contributed by atoms with van der Waals surface area (Å²) < 4.78 is 0. The van der Waals surface area contributed by atoms with Crippen molar-refractivity contribution in [2.45, 2.75) is 13.0 Å². The Morgan fingerprint density at radius 2 is 2.00 bits per heavy atom. The van der Waals surface area contributed by atoms with E-state index in [1.807, 2.05) is 12.1 Å². The first-order valence-electron chi connectivity index (χ1n) is 7.46. The molecule has 0 radical (unpaired) electrons. The molecule has 0 atom stereocenters. The van der Waals surface area contributed by atoms with Gasteiger partial charge in [-0.15, -0.1) is 0 Å². The molecule has 0 N–H and O–H groups in total. The number of pyridine rings is 1. The van der Waals surface area contributed by atoms with Crippen LogP contribution in [0.5, 0.6) is 0 Å². The van der Waals surface area contributed by atoms with Crippen molar-refractivity contribution < 1.29 is 4.79 Å². The van der Waals surface area contributed by atoms with Crippen LogP contribution in [0.4, 0.5) is 0 Å². The highest BCUT2D eigenvalue weighted by Gasteiger charge is 2.11. The number of nitriles is 2. The maximum Gasteiger partial charge on any atom is 0.246 e. The molecule has 0 aliphatic carbocycles. The molecule has 0 aliphatic rings. The number of benzene rings is 1. The zero-order valence-electron chi connectivity index (χ0n) is 13.1. The van der Waals surface area contributed by atoms with Crippen molar-refractivity contribution in [3.05, 3.63) is 71.6 Å². The second kappa shape index (κ2) is 8.87. The molecule has 0 saturated carbocycles. The standard InChI is InChI=1S/C19H16N4O/c20-10-2-12-23(15-18-3-1-11-22-14-18)19(24)9-8-16-4-6-17(13-21)7-5-16/h1,3-9,11,14H,2,12,15H2/b9-8-. The van der Waals surface area contributed by atoms with Crippen molar-refractivity contribution in [2.75, 3.05) is 6.54 Å². The van der Waals surface area contributed by atoms with E-state index in [-0.39, 0.29) is 12.3 Å². The van der Waals surface area contributed by atoms with E-state index >= 15 is 0 Å². The maximum absolute atomic E-state index is 12.4. The number of amides is 1. The summed E-state index contributed by atoms with van der Waals surface area (Å²) in [5, 5.41) is 17.6. The molecule has 1 aromatic carbocycles. The zero-order chi connectivity index (χ0) is 17.2. The van der Waals surface area contributed by atoms with E-state index in [0.29, 0.717) is 18.7 Å². The van der Waals surface area contributed by atoms with E-state index in [1.165, 1.54) is 6.08 Å². The molecule has 24 heavy (non-hydrogen) atoms. The summed E-state index contributed by atoms with van der Waals surface area (Å²) >= 11 is 0. The van der Waals surface area contributed by atoms with Gasteiger partial charge in [-0.2, -0.15) is 10.5 Å². The van der Waals surface area contributed by atoms with E-state index in [9.17, 15) is 4.79 Å². The molecule has 5 nitrogen and oxygen atoms in total. The third-order valence-electron chi connectivity index (χ3n) is 3.36. The normalized spacial score (nSPS) is 10.1. The monoisotopic (exact) mass is 316 g/mol. The number of aromatic nitrogens is 1. The Balaban J connectivity index is 2.07. The average Bonchev–Trinajstić information content (AvgIpc) is 2.64. The van der Waals surface area contributed by atoms with E-state index in [0.717, 1.165) is 11.1 Å². The van der Waals surface area contributed by atoms with Gasteiger partial charge < -0.3 is 4.90 Å². The highest BCUT2D eigenvalue weighted by atomic mass is 16.2. The molecule has 0 bridgehead atoms. The first kappa shape index (κ1) is 16.9. The highest BCUT2D eigenvalue weighted by Crippen LogP contribution is 2.08. The molecule has 0 saturated heterocycles. The smallest absolute Gasteiger partial charge is 0.246 e. The van der Waals surface area contributed by atoms with Gasteiger partial charge in [-0.1, -0.05) is 18.2 Å². The van der Waals surface area contributed by atoms with Crippen LogP contribution in [0.1, 0.15) is 23.1 Å². The Kier molecular flexibility index (Phi) is 6.25. The Labute approximate surface area is 141 Å². The Hall–Kier alpha value is -3.44. The summed E-state index contributed by atoms with van der Waals surface area (Å²) in [6.45, 7) is 0.772. The van der Waals surface area contributed by atoms with Crippen LogP contribution >= 0.6 is 0 Å². The van der Waals surface area contributed by atoms with Crippen molar-refractivity contribution in [3.63, 3.8) is 0 Å². The molecule has 1 amide bonds. The van der Waals surface area contributed by atoms with Gasteiger partial charge in [-0.3, -0.25) is 9.78 Å². The molecule has 0 aliphatic heterocycles. The molecular weight excluding hydrogens is 300 g/mol. The molecule has 0 spiro atoms. The lowest BCUT2D eigenvalue weighted by Gasteiger charge is -2.19. The quantitative estimate of drug-likeness (QED) is 0.767. The summed E-state index contributed by atoms with van der Waals surface area (Å²) in [6, 6.07) is 14.8. The lowest BCUT2D eigenvalue weighted by atomic mass is 10.1. The second-order valence-electron chi connectivity index (χ2n) is 5.10. The molecular formula is C19H16N4O. The van der Waals surface area contributed by atoms with Crippen molar-refractivity contribution in [2.24, 2.45) is 0 Å². The largest absolute Gasteiger partial charge is 0.334 e. The van der Waals surface area contributed by atoms with Gasteiger partial charge in [-0.25, -0.2) is 0 Å². The number of nitrogens with zero attached hydrogens (tertiary/aromatic N) is 4. The van der Waals surface area contributed by atoms with Crippen LogP contribution in [0.25, 0.3) is 6.08 Å². The second-order valence-corrected chi connectivity index (χ2v) is 5.10. The van der Waals surface area contributed by atoms with Crippen molar-refractivity contribution in [3.8, 4) is 12.1 Å². The minimum absolute atomic E-state index is 0.168. The molecule has 1 aromatic heterocycles. The predicted molar refractivity (Wildman–Crippen MR) is 90.1 cm³/mol. The molecule has 0 fully saturated rings. The fourth-order valence-electron chi connectivity index (χ4n) is 2.11. The third kappa shape index (κ3) is 5.08. The van der Waals surface area contributed by atoms with Crippen LogP contribution in [0.15, 0.2) is 54.9 Å². The SMILES string of the molecule is N#CCCN(Cc1cccnc1)C(=O)/C=C\c1ccc(C#N)cc1. The fraction of sp³-hybridized carbons (Fsp3) is 0.158. The fourth-order valence-corrected chi connectivity index (χ4v) is 2.11. The van der Waals surface area contributed by atoms with Crippen LogP contribution in [0.2, 0.25) is 0 Å². The summed E-state index contributed by atoms with van der Waals surface area (Å²) in [5.74, 6) is -0.168. The molecule has 5 heteroatoms. The van der Waals surface area contributed by atoms with Crippen LogP contribution < -0.4 is 0 Å². The summed E-state index contributed by atoms with van der Waals surface area (Å²) in [5.41, 5.74) is 2.32. The number of carbonyl (C=O) groups excluding carboxylic acids is 1. The van der Waals surface area contributed by atoms with Gasteiger partial charge in [-0.05, 0) is 35.4 Å². The minimum Gasteiger partial charge on any atom is -0.334 e. The summed E-state index contributed by atoms with van der Waals surface area (Å²) in [6.07, 6.45) is 6.84. The zero-order valence-corrected chi connectivity index (χ0v) is 13.1. The molecule has 1 heterocycles. The van der Waals surface area contributed by atoms with Gasteiger partial charge >= 0.3 is 0 Å². The Morgan fingerprint density at radius 3 is 2.62 bits per heavy atom. The molecule has 0 unspecified atom stereocenters. The van der Waals surface area contributed by atoms with Crippen LogP contribution in [0, 0.1) is 22.7 Å². The van der Waals surface area contributed by atoms with Crippen LogP contribution in [-0.2, 0) is 11.3 Å². The van der Waals surface area contributed by atoms with E-state index in [4.69, 9.17) is 10.5 Å². The topological polar surface area (TPSA) is 80.8 Å².